The number of carboxylic acid groups (broad SMARTS) is 1. The minimum atomic E-state index is -0.895. The summed E-state index contributed by atoms with van der Waals surface area (Å²) in [5.74, 6) is -0.157. The fourth-order valence-corrected chi connectivity index (χ4v) is 3.73. The van der Waals surface area contributed by atoms with Crippen LogP contribution in [0, 0.1) is 0 Å². The van der Waals surface area contributed by atoms with Crippen LogP contribution in [0.2, 0.25) is 0 Å². The second kappa shape index (κ2) is 10.0. The SMILES string of the molecule is COc1ccc(C(CC(=O)O)c2ncc(C=CCCc3ccc4cccnc4n3)n2C)cn1. The zero-order valence-electron chi connectivity index (χ0n) is 18.5. The lowest BCUT2D eigenvalue weighted by Crippen LogP contribution is -2.13. The number of imidazole rings is 1. The molecule has 8 heteroatoms. The van der Waals surface area contributed by atoms with Gasteiger partial charge in [0, 0.05) is 36.6 Å². The fraction of sp³-hybridized carbons (Fsp3) is 0.240. The number of aliphatic carboxylic acids is 1. The van der Waals surface area contributed by atoms with Crippen molar-refractivity contribution in [1.29, 1.82) is 0 Å². The average molecular weight is 444 g/mol. The number of fused-ring (bicyclic) bond motifs is 1. The smallest absolute Gasteiger partial charge is 0.304 e. The van der Waals surface area contributed by atoms with Gasteiger partial charge in [0.2, 0.25) is 5.88 Å². The van der Waals surface area contributed by atoms with Crippen LogP contribution in [0.3, 0.4) is 0 Å². The Bertz CT molecular complexity index is 1280. The van der Waals surface area contributed by atoms with Gasteiger partial charge in [0.25, 0.3) is 0 Å². The molecule has 0 aliphatic carbocycles. The minimum absolute atomic E-state index is 0.0797. The number of pyridine rings is 3. The topological polar surface area (TPSA) is 103 Å². The van der Waals surface area contributed by atoms with E-state index < -0.39 is 11.9 Å². The van der Waals surface area contributed by atoms with Crippen molar-refractivity contribution in [3.8, 4) is 5.88 Å². The molecule has 0 aromatic carbocycles. The van der Waals surface area contributed by atoms with Crippen molar-refractivity contribution in [3.05, 3.63) is 83.8 Å². The number of carboxylic acids is 1. The standard InChI is InChI=1S/C25H25N5O3/c1-30-20(8-4-3-7-19-11-9-17-6-5-13-26-24(17)29-19)16-28-25(30)21(14-23(31)32)18-10-12-22(33-2)27-15-18/h4-6,8-13,15-16,21H,3,7,14H2,1-2H3,(H,31,32). The zero-order valence-corrected chi connectivity index (χ0v) is 18.5. The van der Waals surface area contributed by atoms with E-state index in [9.17, 15) is 9.90 Å². The molecule has 4 aromatic rings. The van der Waals surface area contributed by atoms with E-state index in [-0.39, 0.29) is 6.42 Å². The van der Waals surface area contributed by atoms with E-state index in [1.54, 1.807) is 31.8 Å². The highest BCUT2D eigenvalue weighted by atomic mass is 16.5. The first-order valence-corrected chi connectivity index (χ1v) is 10.7. The van der Waals surface area contributed by atoms with E-state index in [2.05, 4.69) is 26.0 Å². The van der Waals surface area contributed by atoms with Crippen LogP contribution in [0.4, 0.5) is 0 Å². The van der Waals surface area contributed by atoms with Crippen LogP contribution in [-0.4, -0.2) is 42.7 Å². The van der Waals surface area contributed by atoms with Crippen LogP contribution in [0.25, 0.3) is 17.1 Å². The van der Waals surface area contributed by atoms with Gasteiger partial charge in [0.1, 0.15) is 5.82 Å². The molecule has 0 saturated heterocycles. The summed E-state index contributed by atoms with van der Waals surface area (Å²) in [6, 6.07) is 11.5. The lowest BCUT2D eigenvalue weighted by Gasteiger charge is -2.16. The number of nitrogens with zero attached hydrogens (tertiary/aromatic N) is 5. The molecule has 0 saturated carbocycles. The number of aromatic nitrogens is 5. The Morgan fingerprint density at radius 1 is 1.15 bits per heavy atom. The lowest BCUT2D eigenvalue weighted by molar-refractivity contribution is -0.137. The molecule has 168 valence electrons. The maximum absolute atomic E-state index is 11.5. The molecule has 0 bridgehead atoms. The molecular weight excluding hydrogens is 418 g/mol. The number of hydrogen-bond donors (Lipinski definition) is 1. The van der Waals surface area contributed by atoms with Gasteiger partial charge in [-0.25, -0.2) is 19.9 Å². The molecule has 0 spiro atoms. The zero-order chi connectivity index (χ0) is 23.2. The highest BCUT2D eigenvalue weighted by Gasteiger charge is 2.23. The predicted octanol–water partition coefficient (Wildman–Crippen LogP) is 4.02. The summed E-state index contributed by atoms with van der Waals surface area (Å²) in [6.07, 6.45) is 10.8. The van der Waals surface area contributed by atoms with Crippen molar-refractivity contribution in [2.45, 2.75) is 25.2 Å². The monoisotopic (exact) mass is 443 g/mol. The predicted molar refractivity (Wildman–Crippen MR) is 125 cm³/mol. The van der Waals surface area contributed by atoms with Gasteiger partial charge < -0.3 is 14.4 Å². The molecule has 4 heterocycles. The normalized spacial score (nSPS) is 12.3. The first kappa shape index (κ1) is 22.1. The third-order valence-corrected chi connectivity index (χ3v) is 5.50. The van der Waals surface area contributed by atoms with Gasteiger partial charge in [-0.2, -0.15) is 0 Å². The molecule has 8 nitrogen and oxygen atoms in total. The highest BCUT2D eigenvalue weighted by molar-refractivity contribution is 5.74. The van der Waals surface area contributed by atoms with Gasteiger partial charge >= 0.3 is 5.97 Å². The molecule has 0 amide bonds. The second-order valence-corrected chi connectivity index (χ2v) is 7.68. The van der Waals surface area contributed by atoms with Crippen molar-refractivity contribution < 1.29 is 14.6 Å². The van der Waals surface area contributed by atoms with Gasteiger partial charge in [-0.15, -0.1) is 0 Å². The largest absolute Gasteiger partial charge is 0.481 e. The molecule has 1 N–H and O–H groups in total. The molecule has 0 aliphatic rings. The van der Waals surface area contributed by atoms with Gasteiger partial charge in [0.05, 0.1) is 31.3 Å². The van der Waals surface area contributed by atoms with Crippen LogP contribution in [0.1, 0.15) is 41.5 Å². The van der Waals surface area contributed by atoms with E-state index in [1.165, 1.54) is 0 Å². The number of rotatable bonds is 9. The van der Waals surface area contributed by atoms with E-state index in [0.717, 1.165) is 40.8 Å². The number of allylic oxidation sites excluding steroid dienone is 1. The molecule has 4 rings (SSSR count). The minimum Gasteiger partial charge on any atom is -0.481 e. The Hall–Kier alpha value is -4.07. The Morgan fingerprint density at radius 3 is 2.79 bits per heavy atom. The first-order valence-electron chi connectivity index (χ1n) is 10.7. The summed E-state index contributed by atoms with van der Waals surface area (Å²) in [7, 11) is 3.44. The van der Waals surface area contributed by atoms with Crippen molar-refractivity contribution in [1.82, 2.24) is 24.5 Å². The Balaban J connectivity index is 1.47. The molecule has 0 radical (unpaired) electrons. The van der Waals surface area contributed by atoms with E-state index in [1.807, 2.05) is 48.0 Å². The maximum atomic E-state index is 11.5. The van der Waals surface area contributed by atoms with Crippen molar-refractivity contribution in [2.24, 2.45) is 7.05 Å². The lowest BCUT2D eigenvalue weighted by atomic mass is 9.96. The molecular formula is C25H25N5O3. The number of ether oxygens (including phenoxy) is 1. The number of methoxy groups -OCH3 is 1. The third kappa shape index (κ3) is 5.23. The van der Waals surface area contributed by atoms with Gasteiger partial charge in [-0.05, 0) is 48.7 Å². The van der Waals surface area contributed by atoms with Crippen LogP contribution in [0.5, 0.6) is 5.88 Å². The fourth-order valence-electron chi connectivity index (χ4n) is 3.73. The number of carbonyl (C=O) groups is 1. The van der Waals surface area contributed by atoms with Gasteiger partial charge in [0.15, 0.2) is 5.65 Å². The third-order valence-electron chi connectivity index (χ3n) is 5.50. The first-order chi connectivity index (χ1) is 16.0. The summed E-state index contributed by atoms with van der Waals surface area (Å²) in [6.45, 7) is 0. The number of aryl methyl sites for hydroxylation is 1. The second-order valence-electron chi connectivity index (χ2n) is 7.68. The summed E-state index contributed by atoms with van der Waals surface area (Å²) in [5.41, 5.74) is 3.42. The molecule has 0 aliphatic heterocycles. The number of hydrogen-bond acceptors (Lipinski definition) is 6. The summed E-state index contributed by atoms with van der Waals surface area (Å²) in [4.78, 5) is 29.2. The van der Waals surface area contributed by atoms with Crippen LogP contribution >= 0.6 is 0 Å². The van der Waals surface area contributed by atoms with E-state index >= 15 is 0 Å². The van der Waals surface area contributed by atoms with Crippen molar-refractivity contribution in [3.63, 3.8) is 0 Å². The van der Waals surface area contributed by atoms with Crippen LogP contribution in [0.15, 0.2) is 61.1 Å². The summed E-state index contributed by atoms with van der Waals surface area (Å²) < 4.78 is 7.03. The van der Waals surface area contributed by atoms with Crippen LogP contribution in [-0.2, 0) is 18.3 Å². The highest BCUT2D eigenvalue weighted by Crippen LogP contribution is 2.28. The summed E-state index contributed by atoms with van der Waals surface area (Å²) >= 11 is 0. The van der Waals surface area contributed by atoms with E-state index in [0.29, 0.717) is 11.7 Å². The summed E-state index contributed by atoms with van der Waals surface area (Å²) in [5, 5.41) is 10.5. The van der Waals surface area contributed by atoms with Crippen molar-refractivity contribution in [2.75, 3.05) is 7.11 Å². The van der Waals surface area contributed by atoms with Crippen molar-refractivity contribution >= 4 is 23.1 Å². The van der Waals surface area contributed by atoms with Gasteiger partial charge in [-0.3, -0.25) is 4.79 Å². The Labute approximate surface area is 191 Å². The van der Waals surface area contributed by atoms with Crippen LogP contribution < -0.4 is 4.74 Å². The quantitative estimate of drug-likeness (QED) is 0.417. The molecule has 0 fully saturated rings. The molecule has 1 unspecified atom stereocenters. The maximum Gasteiger partial charge on any atom is 0.304 e. The molecule has 4 aromatic heterocycles. The molecule has 33 heavy (non-hydrogen) atoms. The Kier molecular flexibility index (Phi) is 6.73. The Morgan fingerprint density at radius 2 is 2.03 bits per heavy atom. The molecule has 1 atom stereocenters. The average Bonchev–Trinajstić information content (AvgIpc) is 3.20. The van der Waals surface area contributed by atoms with E-state index in [4.69, 9.17) is 4.74 Å². The van der Waals surface area contributed by atoms with Gasteiger partial charge in [-0.1, -0.05) is 12.1 Å².